The molecule has 1 rings (SSSR count). The zero-order chi connectivity index (χ0) is 9.84. The minimum atomic E-state index is -1.21. The molecule has 68 valence electrons. The van der Waals surface area contributed by atoms with Crippen LogP contribution in [0.1, 0.15) is 21.0 Å². The highest BCUT2D eigenvalue weighted by Gasteiger charge is 2.10. The molecule has 1 aromatic heterocycles. The molecule has 0 saturated carbocycles. The molecule has 0 aliphatic heterocycles. The number of carbonyl (C=O) groups excluding carboxylic acids is 1. The van der Waals surface area contributed by atoms with Gasteiger partial charge < -0.3 is 10.4 Å². The highest BCUT2D eigenvalue weighted by Crippen LogP contribution is 1.95. The molecule has 0 bridgehead atoms. The third-order valence-electron chi connectivity index (χ3n) is 1.31. The quantitative estimate of drug-likeness (QED) is 0.643. The fraction of sp³-hybridized carbons (Fsp3) is 0.143. The Balaban J connectivity index is 3.05. The molecule has 0 aliphatic rings. The van der Waals surface area contributed by atoms with Crippen LogP contribution in [0.3, 0.4) is 0 Å². The summed E-state index contributed by atoms with van der Waals surface area (Å²) in [5.41, 5.74) is -0.261. The van der Waals surface area contributed by atoms with Crippen LogP contribution in [0.5, 0.6) is 0 Å². The van der Waals surface area contributed by atoms with Crippen molar-refractivity contribution in [1.82, 2.24) is 15.3 Å². The molecule has 0 atom stereocenters. The summed E-state index contributed by atoms with van der Waals surface area (Å²) in [7, 11) is 1.43. The zero-order valence-electron chi connectivity index (χ0n) is 6.81. The van der Waals surface area contributed by atoms with Crippen molar-refractivity contribution < 1.29 is 14.7 Å². The fourth-order valence-electron chi connectivity index (χ4n) is 0.706. The number of aromatic nitrogens is 2. The summed E-state index contributed by atoms with van der Waals surface area (Å²) in [5.74, 6) is -1.67. The van der Waals surface area contributed by atoms with E-state index in [4.69, 9.17) is 5.11 Å². The Kier molecular flexibility index (Phi) is 2.53. The Morgan fingerprint density at radius 2 is 2.00 bits per heavy atom. The van der Waals surface area contributed by atoms with Crippen LogP contribution in [0.15, 0.2) is 12.4 Å². The first-order valence-corrected chi connectivity index (χ1v) is 3.42. The van der Waals surface area contributed by atoms with E-state index in [0.717, 1.165) is 6.20 Å². The number of nitrogens with zero attached hydrogens (tertiary/aromatic N) is 2. The monoisotopic (exact) mass is 181 g/mol. The Morgan fingerprint density at radius 1 is 1.38 bits per heavy atom. The maximum atomic E-state index is 11.0. The third-order valence-corrected chi connectivity index (χ3v) is 1.31. The standard InChI is InChI=1S/C7H7N3O3/c1-8-6(11)4-2-9-3-5(10-4)7(12)13/h2-3H,1H3,(H,8,11)(H,12,13). The Hall–Kier alpha value is -1.98. The van der Waals surface area contributed by atoms with Gasteiger partial charge >= 0.3 is 5.97 Å². The highest BCUT2D eigenvalue weighted by atomic mass is 16.4. The summed E-state index contributed by atoms with van der Waals surface area (Å²) >= 11 is 0. The second kappa shape index (κ2) is 3.61. The SMILES string of the molecule is CNC(=O)c1cncc(C(=O)O)n1. The van der Waals surface area contributed by atoms with Crippen molar-refractivity contribution in [3.8, 4) is 0 Å². The van der Waals surface area contributed by atoms with E-state index in [1.165, 1.54) is 13.2 Å². The fourth-order valence-corrected chi connectivity index (χ4v) is 0.706. The van der Waals surface area contributed by atoms with Gasteiger partial charge in [0.1, 0.15) is 5.69 Å². The molecular formula is C7H7N3O3. The number of nitrogens with one attached hydrogen (secondary N) is 1. The number of aromatic carboxylic acids is 1. The summed E-state index contributed by atoms with van der Waals surface area (Å²) in [6.45, 7) is 0. The number of carbonyl (C=O) groups is 2. The number of carboxylic acids is 1. The molecule has 0 saturated heterocycles. The van der Waals surface area contributed by atoms with Crippen LogP contribution in [-0.2, 0) is 0 Å². The number of rotatable bonds is 2. The molecule has 0 radical (unpaired) electrons. The molecule has 0 aromatic carbocycles. The van der Waals surface area contributed by atoms with Crippen molar-refractivity contribution in [2.75, 3.05) is 7.05 Å². The average molecular weight is 181 g/mol. The van der Waals surface area contributed by atoms with Gasteiger partial charge in [-0.3, -0.25) is 9.78 Å². The maximum Gasteiger partial charge on any atom is 0.356 e. The van der Waals surface area contributed by atoms with E-state index in [0.29, 0.717) is 0 Å². The molecule has 1 heterocycles. The molecule has 0 aliphatic carbocycles. The second-order valence-corrected chi connectivity index (χ2v) is 2.17. The zero-order valence-corrected chi connectivity index (χ0v) is 6.81. The lowest BCUT2D eigenvalue weighted by Gasteiger charge is -1.98. The minimum absolute atomic E-state index is 0.0117. The van der Waals surface area contributed by atoms with Crippen molar-refractivity contribution in [1.29, 1.82) is 0 Å². The number of carboxylic acid groups (broad SMARTS) is 1. The van der Waals surface area contributed by atoms with Crippen LogP contribution < -0.4 is 5.32 Å². The molecule has 0 fully saturated rings. The van der Waals surface area contributed by atoms with Gasteiger partial charge in [-0.2, -0.15) is 0 Å². The van der Waals surface area contributed by atoms with Gasteiger partial charge in [0.15, 0.2) is 5.69 Å². The predicted octanol–water partition coefficient (Wildman–Crippen LogP) is -0.466. The number of hydrogen-bond acceptors (Lipinski definition) is 4. The lowest BCUT2D eigenvalue weighted by molar-refractivity contribution is 0.0690. The van der Waals surface area contributed by atoms with Crippen molar-refractivity contribution in [3.63, 3.8) is 0 Å². The molecule has 1 amide bonds. The first-order chi connectivity index (χ1) is 6.15. The lowest BCUT2D eigenvalue weighted by Crippen LogP contribution is -2.20. The minimum Gasteiger partial charge on any atom is -0.476 e. The van der Waals surface area contributed by atoms with E-state index in [-0.39, 0.29) is 11.4 Å². The van der Waals surface area contributed by atoms with Crippen LogP contribution >= 0.6 is 0 Å². The lowest BCUT2D eigenvalue weighted by atomic mass is 10.4. The third kappa shape index (κ3) is 1.98. The van der Waals surface area contributed by atoms with E-state index in [1.807, 2.05) is 0 Å². The van der Waals surface area contributed by atoms with Gasteiger partial charge in [0, 0.05) is 7.05 Å². The van der Waals surface area contributed by atoms with E-state index in [9.17, 15) is 9.59 Å². The normalized spacial score (nSPS) is 9.31. The smallest absolute Gasteiger partial charge is 0.356 e. The average Bonchev–Trinajstić information content (AvgIpc) is 2.17. The van der Waals surface area contributed by atoms with Gasteiger partial charge in [0.05, 0.1) is 12.4 Å². The molecule has 0 unspecified atom stereocenters. The van der Waals surface area contributed by atoms with Crippen LogP contribution in [0, 0.1) is 0 Å². The van der Waals surface area contributed by atoms with E-state index in [2.05, 4.69) is 15.3 Å². The second-order valence-electron chi connectivity index (χ2n) is 2.17. The number of hydrogen-bond donors (Lipinski definition) is 2. The maximum absolute atomic E-state index is 11.0. The van der Waals surface area contributed by atoms with Gasteiger partial charge in [0.25, 0.3) is 5.91 Å². The first-order valence-electron chi connectivity index (χ1n) is 3.42. The molecule has 6 nitrogen and oxygen atoms in total. The van der Waals surface area contributed by atoms with Gasteiger partial charge in [0.2, 0.25) is 0 Å². The summed E-state index contributed by atoms with van der Waals surface area (Å²) < 4.78 is 0. The largest absolute Gasteiger partial charge is 0.476 e. The predicted molar refractivity (Wildman–Crippen MR) is 42.4 cm³/mol. The topological polar surface area (TPSA) is 92.2 Å². The first kappa shape index (κ1) is 9.11. The summed E-state index contributed by atoms with van der Waals surface area (Å²) in [5, 5.41) is 10.8. The van der Waals surface area contributed by atoms with Crippen molar-refractivity contribution in [2.24, 2.45) is 0 Å². The van der Waals surface area contributed by atoms with Gasteiger partial charge in [-0.15, -0.1) is 0 Å². The van der Waals surface area contributed by atoms with E-state index >= 15 is 0 Å². The van der Waals surface area contributed by atoms with Crippen LogP contribution in [0.4, 0.5) is 0 Å². The van der Waals surface area contributed by atoms with Crippen LogP contribution in [0.2, 0.25) is 0 Å². The van der Waals surface area contributed by atoms with Crippen molar-refractivity contribution in [2.45, 2.75) is 0 Å². The number of amides is 1. The van der Waals surface area contributed by atoms with Gasteiger partial charge in [-0.25, -0.2) is 9.78 Å². The molecule has 1 aromatic rings. The van der Waals surface area contributed by atoms with Gasteiger partial charge in [-0.1, -0.05) is 0 Å². The van der Waals surface area contributed by atoms with Gasteiger partial charge in [-0.05, 0) is 0 Å². The summed E-state index contributed by atoms with van der Waals surface area (Å²) in [6.07, 6.45) is 2.28. The van der Waals surface area contributed by atoms with E-state index in [1.54, 1.807) is 0 Å². The Labute approximate surface area is 73.6 Å². The highest BCUT2D eigenvalue weighted by molar-refractivity contribution is 5.93. The molecule has 2 N–H and O–H groups in total. The van der Waals surface area contributed by atoms with Crippen LogP contribution in [0.25, 0.3) is 0 Å². The molecule has 0 spiro atoms. The summed E-state index contributed by atoms with van der Waals surface area (Å²) in [4.78, 5) is 28.6. The van der Waals surface area contributed by atoms with Crippen molar-refractivity contribution in [3.05, 3.63) is 23.8 Å². The molecule has 13 heavy (non-hydrogen) atoms. The summed E-state index contributed by atoms with van der Waals surface area (Å²) in [6, 6.07) is 0. The van der Waals surface area contributed by atoms with E-state index < -0.39 is 11.9 Å². The molecular weight excluding hydrogens is 174 g/mol. The van der Waals surface area contributed by atoms with Crippen molar-refractivity contribution >= 4 is 11.9 Å². The molecule has 6 heteroatoms. The Bertz CT molecular complexity index is 351. The Morgan fingerprint density at radius 3 is 2.54 bits per heavy atom. The van der Waals surface area contributed by atoms with Crippen LogP contribution in [-0.4, -0.2) is 34.0 Å².